The lowest BCUT2D eigenvalue weighted by atomic mass is 9.95. The van der Waals surface area contributed by atoms with E-state index in [2.05, 4.69) is 24.4 Å². The fourth-order valence-corrected chi connectivity index (χ4v) is 4.45. The zero-order valence-electron chi connectivity index (χ0n) is 17.9. The number of hydrogen-bond donors (Lipinski definition) is 4. The van der Waals surface area contributed by atoms with Gasteiger partial charge in [0.25, 0.3) is 5.91 Å². The number of benzene rings is 1. The summed E-state index contributed by atoms with van der Waals surface area (Å²) in [5.41, 5.74) is 8.07. The molecule has 0 spiro atoms. The van der Waals surface area contributed by atoms with Gasteiger partial charge in [0.2, 0.25) is 0 Å². The Labute approximate surface area is 187 Å². The zero-order valence-corrected chi connectivity index (χ0v) is 18.7. The third-order valence-corrected chi connectivity index (χ3v) is 6.33. The topological polar surface area (TPSA) is 122 Å². The molecule has 31 heavy (non-hydrogen) atoms. The SMILES string of the molecule is CCC(CCc1ccc(OCCCCO)c(CN)c1)c1ccc(C(=O)NCC(=O)O)s1. The number of amides is 1. The Morgan fingerprint density at radius 3 is 2.71 bits per heavy atom. The van der Waals surface area contributed by atoms with Gasteiger partial charge in [0.05, 0.1) is 11.5 Å². The number of unbranched alkanes of at least 4 members (excludes halogenated alkanes) is 1. The van der Waals surface area contributed by atoms with Gasteiger partial charge in [-0.1, -0.05) is 19.1 Å². The highest BCUT2D eigenvalue weighted by molar-refractivity contribution is 7.14. The summed E-state index contributed by atoms with van der Waals surface area (Å²) in [5.74, 6) is -0.293. The molecule has 2 aromatic rings. The molecule has 5 N–H and O–H groups in total. The Morgan fingerprint density at radius 2 is 2.03 bits per heavy atom. The maximum atomic E-state index is 12.1. The highest BCUT2D eigenvalue weighted by Crippen LogP contribution is 2.31. The van der Waals surface area contributed by atoms with Crippen LogP contribution in [0.4, 0.5) is 0 Å². The maximum Gasteiger partial charge on any atom is 0.322 e. The summed E-state index contributed by atoms with van der Waals surface area (Å²) < 4.78 is 5.80. The molecule has 1 unspecified atom stereocenters. The van der Waals surface area contributed by atoms with Crippen LogP contribution < -0.4 is 15.8 Å². The summed E-state index contributed by atoms with van der Waals surface area (Å²) in [7, 11) is 0. The highest BCUT2D eigenvalue weighted by Gasteiger charge is 2.16. The minimum atomic E-state index is -1.06. The van der Waals surface area contributed by atoms with Gasteiger partial charge in [0.1, 0.15) is 12.3 Å². The predicted molar refractivity (Wildman–Crippen MR) is 122 cm³/mol. The number of rotatable bonds is 14. The van der Waals surface area contributed by atoms with E-state index in [4.69, 9.17) is 20.7 Å². The Hall–Kier alpha value is -2.42. The normalized spacial score (nSPS) is 11.8. The smallest absolute Gasteiger partial charge is 0.322 e. The van der Waals surface area contributed by atoms with E-state index in [-0.39, 0.29) is 19.1 Å². The standard InChI is InChI=1S/C23H32N2O5S/c1-2-17(20-9-10-21(31-20)23(29)25-15-22(27)28)7-5-16-6-8-19(18(13-16)14-24)30-12-4-3-11-26/h6,8-10,13,17,26H,2-5,7,11-12,14-15,24H2,1H3,(H,25,29)(H,27,28). The summed E-state index contributed by atoms with van der Waals surface area (Å²) in [4.78, 5) is 24.4. The molecule has 8 heteroatoms. The summed E-state index contributed by atoms with van der Waals surface area (Å²) in [6.45, 7) is 2.88. The van der Waals surface area contributed by atoms with Crippen LogP contribution in [-0.2, 0) is 17.8 Å². The molecule has 0 bridgehead atoms. The van der Waals surface area contributed by atoms with Gasteiger partial charge < -0.3 is 26.0 Å². The fourth-order valence-electron chi connectivity index (χ4n) is 3.31. The Kier molecular flexibility index (Phi) is 10.5. The van der Waals surface area contributed by atoms with Gasteiger partial charge in [-0.3, -0.25) is 9.59 Å². The van der Waals surface area contributed by atoms with E-state index >= 15 is 0 Å². The lowest BCUT2D eigenvalue weighted by Crippen LogP contribution is -2.28. The number of carboxylic acid groups (broad SMARTS) is 1. The van der Waals surface area contributed by atoms with Crippen molar-refractivity contribution in [3.8, 4) is 5.75 Å². The average Bonchev–Trinajstić information content (AvgIpc) is 3.26. The second-order valence-corrected chi connectivity index (χ2v) is 8.46. The molecule has 0 saturated carbocycles. The Balaban J connectivity index is 1.96. The molecular weight excluding hydrogens is 416 g/mol. The molecule has 0 aliphatic rings. The zero-order chi connectivity index (χ0) is 22.6. The van der Waals surface area contributed by atoms with Gasteiger partial charge in [-0.15, -0.1) is 11.3 Å². The number of aliphatic hydroxyl groups is 1. The van der Waals surface area contributed by atoms with Crippen molar-refractivity contribution in [1.29, 1.82) is 0 Å². The molecule has 0 fully saturated rings. The maximum absolute atomic E-state index is 12.1. The highest BCUT2D eigenvalue weighted by atomic mass is 32.1. The molecule has 1 amide bonds. The molecule has 0 saturated heterocycles. The van der Waals surface area contributed by atoms with Crippen LogP contribution in [0.3, 0.4) is 0 Å². The summed E-state index contributed by atoms with van der Waals surface area (Å²) in [6.07, 6.45) is 4.30. The van der Waals surface area contributed by atoms with Crippen molar-refractivity contribution < 1.29 is 24.5 Å². The number of nitrogens with one attached hydrogen (secondary N) is 1. The largest absolute Gasteiger partial charge is 0.493 e. The van der Waals surface area contributed by atoms with Crippen LogP contribution in [0.15, 0.2) is 30.3 Å². The monoisotopic (exact) mass is 448 g/mol. The Morgan fingerprint density at radius 1 is 1.23 bits per heavy atom. The molecular formula is C23H32N2O5S. The van der Waals surface area contributed by atoms with Crippen molar-refractivity contribution in [2.75, 3.05) is 19.8 Å². The van der Waals surface area contributed by atoms with Crippen LogP contribution >= 0.6 is 11.3 Å². The number of carbonyl (C=O) groups excluding carboxylic acids is 1. The average molecular weight is 449 g/mol. The second kappa shape index (κ2) is 13.1. The van der Waals surface area contributed by atoms with Crippen LogP contribution in [0.5, 0.6) is 5.75 Å². The summed E-state index contributed by atoms with van der Waals surface area (Å²) >= 11 is 1.42. The molecule has 0 radical (unpaired) electrons. The molecule has 7 nitrogen and oxygen atoms in total. The van der Waals surface area contributed by atoms with E-state index in [9.17, 15) is 9.59 Å². The first-order valence-corrected chi connectivity index (χ1v) is 11.4. The number of aliphatic carboxylic acids is 1. The number of aliphatic hydroxyl groups excluding tert-OH is 1. The second-order valence-electron chi connectivity index (χ2n) is 7.35. The van der Waals surface area contributed by atoms with Crippen LogP contribution in [0.2, 0.25) is 0 Å². The fraction of sp³-hybridized carbons (Fsp3) is 0.478. The van der Waals surface area contributed by atoms with Crippen LogP contribution in [0.25, 0.3) is 0 Å². The van der Waals surface area contributed by atoms with Crippen LogP contribution in [-0.4, -0.2) is 41.8 Å². The van der Waals surface area contributed by atoms with E-state index in [1.165, 1.54) is 16.9 Å². The number of carbonyl (C=O) groups is 2. The summed E-state index contributed by atoms with van der Waals surface area (Å²) in [6, 6.07) is 9.84. The Bertz CT molecular complexity index is 852. The molecule has 0 aliphatic heterocycles. The molecule has 1 heterocycles. The van der Waals surface area contributed by atoms with Crippen molar-refractivity contribution in [2.45, 2.75) is 51.5 Å². The van der Waals surface area contributed by atoms with E-state index in [1.807, 2.05) is 12.1 Å². The van der Waals surface area contributed by atoms with Crippen LogP contribution in [0.1, 0.15) is 64.2 Å². The lowest BCUT2D eigenvalue weighted by Gasteiger charge is -2.15. The number of carboxylic acids is 1. The molecule has 1 atom stereocenters. The number of hydrogen-bond acceptors (Lipinski definition) is 6. The quantitative estimate of drug-likeness (QED) is 0.329. The first-order valence-electron chi connectivity index (χ1n) is 10.6. The predicted octanol–water partition coefficient (Wildman–Crippen LogP) is 3.30. The number of ether oxygens (including phenoxy) is 1. The van der Waals surface area contributed by atoms with Gasteiger partial charge in [-0.2, -0.15) is 0 Å². The van der Waals surface area contributed by atoms with E-state index < -0.39 is 5.97 Å². The number of aryl methyl sites for hydroxylation is 1. The molecule has 1 aromatic carbocycles. The van der Waals surface area contributed by atoms with Gasteiger partial charge in [0, 0.05) is 23.6 Å². The van der Waals surface area contributed by atoms with E-state index in [1.54, 1.807) is 6.07 Å². The van der Waals surface area contributed by atoms with E-state index in [0.717, 1.165) is 48.3 Å². The summed E-state index contributed by atoms with van der Waals surface area (Å²) in [5, 5.41) is 20.0. The minimum Gasteiger partial charge on any atom is -0.493 e. The van der Waals surface area contributed by atoms with Gasteiger partial charge in [-0.25, -0.2) is 0 Å². The van der Waals surface area contributed by atoms with Gasteiger partial charge >= 0.3 is 5.97 Å². The van der Waals surface area contributed by atoms with Gasteiger partial charge in [0.15, 0.2) is 0 Å². The molecule has 2 rings (SSSR count). The number of thiophene rings is 1. The molecule has 170 valence electrons. The first kappa shape index (κ1) is 24.8. The van der Waals surface area contributed by atoms with Crippen molar-refractivity contribution in [3.63, 3.8) is 0 Å². The van der Waals surface area contributed by atoms with Crippen molar-refractivity contribution >= 4 is 23.2 Å². The molecule has 1 aromatic heterocycles. The minimum absolute atomic E-state index is 0.170. The van der Waals surface area contributed by atoms with Crippen LogP contribution in [0, 0.1) is 0 Å². The third kappa shape index (κ3) is 7.97. The lowest BCUT2D eigenvalue weighted by molar-refractivity contribution is -0.135. The van der Waals surface area contributed by atoms with E-state index in [0.29, 0.717) is 23.9 Å². The number of nitrogens with two attached hydrogens (primary N) is 1. The van der Waals surface area contributed by atoms with Crippen molar-refractivity contribution in [2.24, 2.45) is 5.73 Å². The van der Waals surface area contributed by atoms with Crippen molar-refractivity contribution in [3.05, 3.63) is 51.2 Å². The third-order valence-electron chi connectivity index (χ3n) is 5.08. The van der Waals surface area contributed by atoms with Gasteiger partial charge in [-0.05, 0) is 61.8 Å². The first-order chi connectivity index (χ1) is 15.0. The molecule has 0 aliphatic carbocycles. The van der Waals surface area contributed by atoms with Crippen molar-refractivity contribution in [1.82, 2.24) is 5.32 Å².